The van der Waals surface area contributed by atoms with Crippen molar-refractivity contribution in [3.8, 4) is 5.75 Å². The number of carbonyl (C=O) groups is 2. The number of aromatic nitrogens is 4. The van der Waals surface area contributed by atoms with Gasteiger partial charge in [0.2, 0.25) is 0 Å². The number of ether oxygens (including phenoxy) is 1. The number of amides is 1. The van der Waals surface area contributed by atoms with Crippen LogP contribution in [-0.2, 0) is 13.8 Å². The molecule has 0 saturated carbocycles. The number of carboxylic acids is 1. The lowest BCUT2D eigenvalue weighted by Gasteiger charge is -2.11. The van der Waals surface area contributed by atoms with Crippen LogP contribution >= 0.6 is 11.6 Å². The van der Waals surface area contributed by atoms with Crippen molar-refractivity contribution in [1.82, 2.24) is 19.6 Å². The normalized spacial score (nSPS) is 10.9. The third kappa shape index (κ3) is 4.16. The van der Waals surface area contributed by atoms with Crippen molar-refractivity contribution in [2.45, 2.75) is 34.4 Å². The van der Waals surface area contributed by atoms with Crippen molar-refractivity contribution in [1.29, 1.82) is 0 Å². The zero-order valence-electron chi connectivity index (χ0n) is 17.3. The maximum absolute atomic E-state index is 12.6. The predicted molar refractivity (Wildman–Crippen MR) is 111 cm³/mol. The first-order chi connectivity index (χ1) is 14.1. The van der Waals surface area contributed by atoms with E-state index in [0.717, 1.165) is 11.1 Å². The van der Waals surface area contributed by atoms with Crippen LogP contribution in [0.3, 0.4) is 0 Å². The molecule has 0 radical (unpaired) electrons. The lowest BCUT2D eigenvalue weighted by atomic mass is 10.1. The molecule has 0 aliphatic rings. The molecule has 1 aromatic carbocycles. The molecule has 3 rings (SSSR count). The molecule has 0 bridgehead atoms. The Hall–Kier alpha value is -3.33. The summed E-state index contributed by atoms with van der Waals surface area (Å²) in [6.07, 6.45) is 1.36. The number of nitrogens with zero attached hydrogens (tertiary/aromatic N) is 4. The maximum atomic E-state index is 12.6. The first-order valence-corrected chi connectivity index (χ1v) is 9.48. The van der Waals surface area contributed by atoms with E-state index in [1.54, 1.807) is 25.6 Å². The number of anilines is 1. The number of aromatic carboxylic acids is 1. The Balaban J connectivity index is 1.79. The lowest BCUT2D eigenvalue weighted by Crippen LogP contribution is -2.16. The summed E-state index contributed by atoms with van der Waals surface area (Å²) in [5.74, 6) is -1.18. The van der Waals surface area contributed by atoms with Gasteiger partial charge in [0.05, 0.1) is 22.6 Å². The van der Waals surface area contributed by atoms with Crippen molar-refractivity contribution in [2.75, 3.05) is 5.32 Å². The van der Waals surface area contributed by atoms with Crippen LogP contribution in [0.4, 0.5) is 5.69 Å². The molecule has 0 saturated heterocycles. The Labute approximate surface area is 178 Å². The number of benzene rings is 1. The molecular weight excluding hydrogens is 410 g/mol. The second-order valence-electron chi connectivity index (χ2n) is 7.01. The second-order valence-corrected chi connectivity index (χ2v) is 7.39. The highest BCUT2D eigenvalue weighted by molar-refractivity contribution is 6.32. The van der Waals surface area contributed by atoms with Crippen LogP contribution < -0.4 is 10.1 Å². The van der Waals surface area contributed by atoms with E-state index in [0.29, 0.717) is 27.8 Å². The highest BCUT2D eigenvalue weighted by atomic mass is 35.5. The fourth-order valence-corrected chi connectivity index (χ4v) is 3.23. The van der Waals surface area contributed by atoms with Gasteiger partial charge in [-0.05, 0) is 51.0 Å². The molecule has 158 valence electrons. The Kier molecular flexibility index (Phi) is 5.84. The lowest BCUT2D eigenvalue weighted by molar-refractivity contribution is 0.0685. The molecule has 0 atom stereocenters. The van der Waals surface area contributed by atoms with Gasteiger partial charge < -0.3 is 15.2 Å². The fourth-order valence-electron chi connectivity index (χ4n) is 3.12. The van der Waals surface area contributed by atoms with Gasteiger partial charge in [0, 0.05) is 18.3 Å². The highest BCUT2D eigenvalue weighted by Gasteiger charge is 2.23. The van der Waals surface area contributed by atoms with Gasteiger partial charge in [-0.3, -0.25) is 9.48 Å². The Bertz CT molecular complexity index is 1130. The van der Waals surface area contributed by atoms with Crippen molar-refractivity contribution in [3.63, 3.8) is 0 Å². The molecule has 0 fully saturated rings. The van der Waals surface area contributed by atoms with E-state index in [1.807, 2.05) is 26.0 Å². The molecule has 1 amide bonds. The largest absolute Gasteiger partial charge is 0.476 e. The van der Waals surface area contributed by atoms with E-state index in [2.05, 4.69) is 15.5 Å². The Morgan fingerprint density at radius 1 is 1.17 bits per heavy atom. The van der Waals surface area contributed by atoms with E-state index >= 15 is 0 Å². The van der Waals surface area contributed by atoms with E-state index < -0.39 is 11.9 Å². The van der Waals surface area contributed by atoms with Gasteiger partial charge in [-0.1, -0.05) is 11.6 Å². The van der Waals surface area contributed by atoms with Gasteiger partial charge in [0.1, 0.15) is 5.75 Å². The molecule has 30 heavy (non-hydrogen) atoms. The van der Waals surface area contributed by atoms with Crippen LogP contribution in [-0.4, -0.2) is 36.5 Å². The summed E-state index contributed by atoms with van der Waals surface area (Å²) < 4.78 is 8.74. The van der Waals surface area contributed by atoms with Gasteiger partial charge in [0.15, 0.2) is 12.4 Å². The van der Waals surface area contributed by atoms with Gasteiger partial charge in [-0.2, -0.15) is 10.2 Å². The number of hydrogen-bond acceptors (Lipinski definition) is 5. The standard InChI is InChI=1S/C20H22ClN5O4/c1-10-6-14(7-11(2)16(10)21)30-9-26-13(4)17(12(3)23-26)22-19(27)15-8-25(5)24-18(15)20(28)29/h6-8H,9H2,1-5H3,(H,22,27)(H,28,29). The quantitative estimate of drug-likeness (QED) is 0.618. The average molecular weight is 432 g/mol. The summed E-state index contributed by atoms with van der Waals surface area (Å²) in [6, 6.07) is 3.69. The molecule has 0 aliphatic carbocycles. The number of halogens is 1. The molecule has 9 nitrogen and oxygen atoms in total. The van der Waals surface area contributed by atoms with E-state index in [-0.39, 0.29) is 18.0 Å². The zero-order valence-corrected chi connectivity index (χ0v) is 18.0. The minimum absolute atomic E-state index is 0.0279. The fraction of sp³-hybridized carbons (Fsp3) is 0.300. The molecular formula is C20H22ClN5O4. The molecule has 2 N–H and O–H groups in total. The van der Waals surface area contributed by atoms with Crippen LogP contribution in [0.5, 0.6) is 5.75 Å². The predicted octanol–water partition coefficient (Wildman–Crippen LogP) is 3.49. The minimum atomic E-state index is -1.27. The molecule has 2 heterocycles. The van der Waals surface area contributed by atoms with Gasteiger partial charge in [-0.15, -0.1) is 0 Å². The smallest absolute Gasteiger partial charge is 0.357 e. The van der Waals surface area contributed by atoms with Gasteiger partial charge in [0.25, 0.3) is 5.91 Å². The van der Waals surface area contributed by atoms with Crippen LogP contribution in [0.1, 0.15) is 43.4 Å². The molecule has 0 aliphatic heterocycles. The van der Waals surface area contributed by atoms with Crippen LogP contribution in [0.25, 0.3) is 0 Å². The third-order valence-corrected chi connectivity index (χ3v) is 5.26. The number of carbonyl (C=O) groups excluding carboxylic acids is 1. The van der Waals surface area contributed by atoms with E-state index in [1.165, 1.54) is 10.9 Å². The van der Waals surface area contributed by atoms with Gasteiger partial charge >= 0.3 is 5.97 Å². The molecule has 2 aromatic heterocycles. The van der Waals surface area contributed by atoms with Crippen molar-refractivity contribution in [3.05, 3.63) is 57.1 Å². The summed E-state index contributed by atoms with van der Waals surface area (Å²) in [5, 5.41) is 20.9. The SMILES string of the molecule is Cc1cc(OCn2nc(C)c(NC(=O)c3cn(C)nc3C(=O)O)c2C)cc(C)c1Cl. The maximum Gasteiger partial charge on any atom is 0.357 e. The van der Waals surface area contributed by atoms with E-state index in [4.69, 9.17) is 16.3 Å². The summed E-state index contributed by atoms with van der Waals surface area (Å²) >= 11 is 6.19. The average Bonchev–Trinajstić information content (AvgIpc) is 3.19. The van der Waals surface area contributed by atoms with Crippen molar-refractivity contribution in [2.24, 2.45) is 7.05 Å². The molecule has 0 spiro atoms. The monoisotopic (exact) mass is 431 g/mol. The van der Waals surface area contributed by atoms with Crippen LogP contribution in [0, 0.1) is 27.7 Å². The summed E-state index contributed by atoms with van der Waals surface area (Å²) in [5.41, 5.74) is 3.23. The number of nitrogens with one attached hydrogen (secondary N) is 1. The number of rotatable bonds is 6. The second kappa shape index (κ2) is 8.19. The number of hydrogen-bond donors (Lipinski definition) is 2. The summed E-state index contributed by atoms with van der Waals surface area (Å²) in [6.45, 7) is 7.48. The molecule has 3 aromatic rings. The van der Waals surface area contributed by atoms with E-state index in [9.17, 15) is 14.7 Å². The third-order valence-electron chi connectivity index (χ3n) is 4.66. The topological polar surface area (TPSA) is 111 Å². The number of aryl methyl sites for hydroxylation is 4. The van der Waals surface area contributed by atoms with Crippen LogP contribution in [0.15, 0.2) is 18.3 Å². The first kappa shape index (κ1) is 21.4. The zero-order chi connectivity index (χ0) is 22.2. The minimum Gasteiger partial charge on any atom is -0.476 e. The highest BCUT2D eigenvalue weighted by Crippen LogP contribution is 2.27. The Morgan fingerprint density at radius 3 is 2.40 bits per heavy atom. The first-order valence-electron chi connectivity index (χ1n) is 9.10. The van der Waals surface area contributed by atoms with Crippen LogP contribution in [0.2, 0.25) is 5.02 Å². The Morgan fingerprint density at radius 2 is 1.80 bits per heavy atom. The number of carboxylic acid groups (broad SMARTS) is 1. The summed E-state index contributed by atoms with van der Waals surface area (Å²) in [7, 11) is 1.55. The summed E-state index contributed by atoms with van der Waals surface area (Å²) in [4.78, 5) is 24.0. The van der Waals surface area contributed by atoms with Crippen molar-refractivity contribution < 1.29 is 19.4 Å². The molecule has 10 heteroatoms. The molecule has 0 unspecified atom stereocenters. The van der Waals surface area contributed by atoms with Crippen molar-refractivity contribution >= 4 is 29.2 Å². The van der Waals surface area contributed by atoms with Gasteiger partial charge in [-0.25, -0.2) is 9.48 Å².